The Hall–Kier alpha value is -1.85. The normalized spacial score (nSPS) is 11.0. The van der Waals surface area contributed by atoms with Crippen molar-refractivity contribution in [1.29, 1.82) is 0 Å². The largest absolute Gasteiger partial charge is 0.337 e. The van der Waals surface area contributed by atoms with E-state index in [0.717, 1.165) is 21.3 Å². The van der Waals surface area contributed by atoms with E-state index in [-0.39, 0.29) is 0 Å². The van der Waals surface area contributed by atoms with Crippen LogP contribution in [0.4, 0.5) is 11.5 Å². The average molecular weight is 407 g/mol. The molecular formula is C18H10Cl3N3S. The van der Waals surface area contributed by atoms with Gasteiger partial charge in [-0.25, -0.2) is 9.97 Å². The second-order valence-electron chi connectivity index (χ2n) is 5.28. The minimum absolute atomic E-state index is 0.530. The molecule has 0 bridgehead atoms. The first-order valence-corrected chi connectivity index (χ1v) is 9.34. The minimum atomic E-state index is 0.530. The van der Waals surface area contributed by atoms with Crippen molar-refractivity contribution in [1.82, 2.24) is 9.97 Å². The molecule has 0 unspecified atom stereocenters. The molecule has 0 aliphatic carbocycles. The van der Waals surface area contributed by atoms with Crippen LogP contribution in [0, 0.1) is 0 Å². The Morgan fingerprint density at radius 3 is 2.32 bits per heavy atom. The van der Waals surface area contributed by atoms with Gasteiger partial charge < -0.3 is 5.32 Å². The van der Waals surface area contributed by atoms with Crippen LogP contribution in [0.3, 0.4) is 0 Å². The smallest absolute Gasteiger partial charge is 0.143 e. The van der Waals surface area contributed by atoms with Crippen LogP contribution < -0.4 is 5.32 Å². The number of halogens is 3. The molecule has 0 spiro atoms. The zero-order valence-electron chi connectivity index (χ0n) is 12.6. The van der Waals surface area contributed by atoms with E-state index in [2.05, 4.69) is 20.7 Å². The quantitative estimate of drug-likeness (QED) is 0.395. The molecule has 4 aromatic rings. The number of thiophene rings is 1. The third kappa shape index (κ3) is 3.18. The van der Waals surface area contributed by atoms with Crippen molar-refractivity contribution < 1.29 is 0 Å². The Labute approximate surface area is 163 Å². The van der Waals surface area contributed by atoms with Gasteiger partial charge in [0.15, 0.2) is 0 Å². The number of anilines is 2. The summed E-state index contributed by atoms with van der Waals surface area (Å²) in [5.74, 6) is 0.659. The number of nitrogens with one attached hydrogen (secondary N) is 1. The van der Waals surface area contributed by atoms with Crippen molar-refractivity contribution in [3.05, 3.63) is 69.2 Å². The molecule has 0 fully saturated rings. The van der Waals surface area contributed by atoms with Crippen LogP contribution in [0.25, 0.3) is 21.3 Å². The molecule has 3 nitrogen and oxygen atoms in total. The van der Waals surface area contributed by atoms with Gasteiger partial charge in [-0.1, -0.05) is 53.0 Å². The predicted molar refractivity (Wildman–Crippen MR) is 108 cm³/mol. The number of benzene rings is 2. The Kier molecular flexibility index (Phi) is 4.52. The van der Waals surface area contributed by atoms with Crippen molar-refractivity contribution >= 4 is 67.9 Å². The number of aromatic nitrogens is 2. The van der Waals surface area contributed by atoms with Crippen LogP contribution in [0.5, 0.6) is 0 Å². The lowest BCUT2D eigenvalue weighted by Crippen LogP contribution is -1.97. The summed E-state index contributed by atoms with van der Waals surface area (Å²) in [7, 11) is 0. The topological polar surface area (TPSA) is 37.8 Å². The van der Waals surface area contributed by atoms with Gasteiger partial charge in [-0.05, 0) is 29.8 Å². The second-order valence-corrected chi connectivity index (χ2v) is 7.39. The summed E-state index contributed by atoms with van der Waals surface area (Å²) in [6.45, 7) is 0. The standard InChI is InChI=1S/C18H10Cl3N3S/c19-11-6-4-10(5-7-11)12-8-25-18-15(12)17(22-9-23-18)24-16-13(20)2-1-3-14(16)21/h1-9H,(H,22,23,24). The lowest BCUT2D eigenvalue weighted by atomic mass is 10.1. The van der Waals surface area contributed by atoms with E-state index in [4.69, 9.17) is 34.8 Å². The number of fused-ring (bicyclic) bond motifs is 1. The van der Waals surface area contributed by atoms with Gasteiger partial charge in [0.05, 0.1) is 21.1 Å². The van der Waals surface area contributed by atoms with Crippen molar-refractivity contribution in [2.24, 2.45) is 0 Å². The van der Waals surface area contributed by atoms with Crippen LogP contribution in [0.15, 0.2) is 54.2 Å². The first kappa shape index (κ1) is 16.6. The molecule has 1 N–H and O–H groups in total. The summed E-state index contributed by atoms with van der Waals surface area (Å²) in [6.07, 6.45) is 1.53. The van der Waals surface area contributed by atoms with Gasteiger partial charge in [0.2, 0.25) is 0 Å². The highest BCUT2D eigenvalue weighted by Crippen LogP contribution is 2.39. The predicted octanol–water partition coefficient (Wildman–Crippen LogP) is 7.06. The summed E-state index contributed by atoms with van der Waals surface area (Å²) in [6, 6.07) is 13.0. The van der Waals surface area contributed by atoms with Gasteiger partial charge in [0.1, 0.15) is 17.0 Å². The maximum Gasteiger partial charge on any atom is 0.143 e. The van der Waals surface area contributed by atoms with Gasteiger partial charge >= 0.3 is 0 Å². The van der Waals surface area contributed by atoms with E-state index >= 15 is 0 Å². The highest BCUT2D eigenvalue weighted by Gasteiger charge is 2.15. The first-order chi connectivity index (χ1) is 12.1. The fraction of sp³-hybridized carbons (Fsp3) is 0. The number of nitrogens with zero attached hydrogens (tertiary/aromatic N) is 2. The maximum absolute atomic E-state index is 6.28. The van der Waals surface area contributed by atoms with Crippen LogP contribution in [0.2, 0.25) is 15.1 Å². The van der Waals surface area contributed by atoms with Crippen LogP contribution >= 0.6 is 46.1 Å². The maximum atomic E-state index is 6.28. The monoisotopic (exact) mass is 405 g/mol. The fourth-order valence-electron chi connectivity index (χ4n) is 2.55. The van der Waals surface area contributed by atoms with Crippen molar-refractivity contribution in [2.45, 2.75) is 0 Å². The average Bonchev–Trinajstić information content (AvgIpc) is 3.04. The van der Waals surface area contributed by atoms with Crippen LogP contribution in [-0.2, 0) is 0 Å². The third-order valence-corrected chi connectivity index (χ3v) is 5.50. The van der Waals surface area contributed by atoms with E-state index in [9.17, 15) is 0 Å². The Bertz CT molecular complexity index is 1040. The Balaban J connectivity index is 1.87. The van der Waals surface area contributed by atoms with E-state index in [1.165, 1.54) is 6.33 Å². The van der Waals surface area contributed by atoms with Gasteiger partial charge in [0.25, 0.3) is 0 Å². The van der Waals surface area contributed by atoms with E-state index in [0.29, 0.717) is 26.6 Å². The number of rotatable bonds is 3. The summed E-state index contributed by atoms with van der Waals surface area (Å²) < 4.78 is 0. The van der Waals surface area contributed by atoms with Crippen molar-refractivity contribution in [2.75, 3.05) is 5.32 Å². The molecule has 0 amide bonds. The zero-order chi connectivity index (χ0) is 17.4. The van der Waals surface area contributed by atoms with Crippen molar-refractivity contribution in [3.8, 4) is 11.1 Å². The molecule has 0 atom stereocenters. The molecule has 0 radical (unpaired) electrons. The lowest BCUT2D eigenvalue weighted by Gasteiger charge is -2.11. The highest BCUT2D eigenvalue weighted by molar-refractivity contribution is 7.17. The zero-order valence-corrected chi connectivity index (χ0v) is 15.7. The lowest BCUT2D eigenvalue weighted by molar-refractivity contribution is 1.23. The molecular weight excluding hydrogens is 397 g/mol. The third-order valence-electron chi connectivity index (χ3n) is 3.73. The second kappa shape index (κ2) is 6.81. The number of hydrogen-bond donors (Lipinski definition) is 1. The summed E-state index contributed by atoms with van der Waals surface area (Å²) in [5.41, 5.74) is 2.70. The summed E-state index contributed by atoms with van der Waals surface area (Å²) >= 11 is 20.1. The first-order valence-electron chi connectivity index (χ1n) is 7.32. The van der Waals surface area contributed by atoms with Crippen LogP contribution in [0.1, 0.15) is 0 Å². The molecule has 25 heavy (non-hydrogen) atoms. The van der Waals surface area contributed by atoms with E-state index in [1.54, 1.807) is 29.5 Å². The molecule has 2 aromatic heterocycles. The van der Waals surface area contributed by atoms with Gasteiger partial charge in [-0.3, -0.25) is 0 Å². The number of para-hydroxylation sites is 1. The molecule has 2 heterocycles. The molecule has 0 aliphatic rings. The van der Waals surface area contributed by atoms with Gasteiger partial charge in [-0.15, -0.1) is 11.3 Å². The molecule has 2 aromatic carbocycles. The molecule has 7 heteroatoms. The van der Waals surface area contributed by atoms with E-state index in [1.807, 2.05) is 24.3 Å². The summed E-state index contributed by atoms with van der Waals surface area (Å²) in [5, 5.41) is 7.99. The molecule has 0 aliphatic heterocycles. The number of hydrogen-bond acceptors (Lipinski definition) is 4. The molecule has 0 saturated carbocycles. The van der Waals surface area contributed by atoms with Crippen molar-refractivity contribution in [3.63, 3.8) is 0 Å². The fourth-order valence-corrected chi connectivity index (χ4v) is 4.08. The van der Waals surface area contributed by atoms with E-state index < -0.39 is 0 Å². The van der Waals surface area contributed by atoms with Gasteiger partial charge in [-0.2, -0.15) is 0 Å². The SMILES string of the molecule is Clc1ccc(-c2csc3ncnc(Nc4c(Cl)cccc4Cl)c23)cc1. The Morgan fingerprint density at radius 1 is 0.880 bits per heavy atom. The Morgan fingerprint density at radius 2 is 1.60 bits per heavy atom. The molecule has 0 saturated heterocycles. The van der Waals surface area contributed by atoms with Gasteiger partial charge in [0, 0.05) is 16.0 Å². The summed E-state index contributed by atoms with van der Waals surface area (Å²) in [4.78, 5) is 9.65. The van der Waals surface area contributed by atoms with Crippen LogP contribution in [-0.4, -0.2) is 9.97 Å². The molecule has 124 valence electrons. The molecule has 4 rings (SSSR count). The highest BCUT2D eigenvalue weighted by atomic mass is 35.5. The minimum Gasteiger partial charge on any atom is -0.337 e.